The quantitative estimate of drug-likeness (QED) is 0.825. The highest BCUT2D eigenvalue weighted by Gasteiger charge is 2.05. The Kier molecular flexibility index (Phi) is 2.54. The summed E-state index contributed by atoms with van der Waals surface area (Å²) < 4.78 is 10.9. The maximum atomic E-state index is 5.18. The summed E-state index contributed by atoms with van der Waals surface area (Å²) in [6.07, 6.45) is 1.55. The minimum atomic E-state index is 0.783. The smallest absolute Gasteiger partial charge is 0.133 e. The van der Waals surface area contributed by atoms with Crippen molar-refractivity contribution in [1.29, 1.82) is 0 Å². The SMILES string of the molecule is COc1cc(-c2ccon2)ccc1Br. The normalized spacial score (nSPS) is 10.1. The third-order valence-electron chi connectivity index (χ3n) is 1.88. The molecule has 0 radical (unpaired) electrons. The second-order valence-electron chi connectivity index (χ2n) is 2.73. The molecule has 1 aromatic heterocycles. The van der Waals surface area contributed by atoms with Crippen molar-refractivity contribution in [2.45, 2.75) is 0 Å². The first-order chi connectivity index (χ1) is 6.81. The summed E-state index contributed by atoms with van der Waals surface area (Å²) >= 11 is 3.39. The van der Waals surface area contributed by atoms with Crippen LogP contribution in [0.3, 0.4) is 0 Å². The summed E-state index contributed by atoms with van der Waals surface area (Å²) in [4.78, 5) is 0. The van der Waals surface area contributed by atoms with E-state index in [9.17, 15) is 0 Å². The molecule has 0 saturated heterocycles. The van der Waals surface area contributed by atoms with E-state index in [1.165, 1.54) is 0 Å². The van der Waals surface area contributed by atoms with Gasteiger partial charge in [-0.25, -0.2) is 0 Å². The number of rotatable bonds is 2. The molecule has 3 nitrogen and oxygen atoms in total. The van der Waals surface area contributed by atoms with Gasteiger partial charge in [-0.1, -0.05) is 11.2 Å². The van der Waals surface area contributed by atoms with Crippen molar-refractivity contribution in [1.82, 2.24) is 5.16 Å². The van der Waals surface area contributed by atoms with Crippen LogP contribution in [0.15, 0.2) is 39.5 Å². The molecule has 0 N–H and O–H groups in total. The Morgan fingerprint density at radius 2 is 2.21 bits per heavy atom. The molecule has 0 saturated carbocycles. The van der Waals surface area contributed by atoms with Crippen LogP contribution < -0.4 is 4.74 Å². The molecule has 0 atom stereocenters. The molecule has 0 spiro atoms. The van der Waals surface area contributed by atoms with Crippen LogP contribution >= 0.6 is 15.9 Å². The summed E-state index contributed by atoms with van der Waals surface area (Å²) in [7, 11) is 1.63. The summed E-state index contributed by atoms with van der Waals surface area (Å²) in [5.74, 6) is 0.783. The van der Waals surface area contributed by atoms with Crippen molar-refractivity contribution < 1.29 is 9.26 Å². The second-order valence-corrected chi connectivity index (χ2v) is 3.59. The third-order valence-corrected chi connectivity index (χ3v) is 2.54. The Bertz CT molecular complexity index is 426. The van der Waals surface area contributed by atoms with Crippen molar-refractivity contribution in [3.63, 3.8) is 0 Å². The van der Waals surface area contributed by atoms with Gasteiger partial charge < -0.3 is 9.26 Å². The maximum absolute atomic E-state index is 5.18. The average Bonchev–Trinajstić information content (AvgIpc) is 2.71. The van der Waals surface area contributed by atoms with Crippen LogP contribution in [0, 0.1) is 0 Å². The zero-order valence-electron chi connectivity index (χ0n) is 7.53. The molecule has 0 bridgehead atoms. The van der Waals surface area contributed by atoms with Gasteiger partial charge in [-0.2, -0.15) is 0 Å². The fourth-order valence-electron chi connectivity index (χ4n) is 1.18. The van der Waals surface area contributed by atoms with E-state index in [0.717, 1.165) is 21.5 Å². The van der Waals surface area contributed by atoms with Crippen LogP contribution in [0.25, 0.3) is 11.3 Å². The third kappa shape index (κ3) is 1.65. The zero-order valence-corrected chi connectivity index (χ0v) is 9.11. The van der Waals surface area contributed by atoms with Crippen LogP contribution in [-0.2, 0) is 0 Å². The molecule has 0 aliphatic carbocycles. The molecule has 2 aromatic rings. The van der Waals surface area contributed by atoms with Gasteiger partial charge in [0.2, 0.25) is 0 Å². The van der Waals surface area contributed by atoms with E-state index in [4.69, 9.17) is 9.26 Å². The zero-order chi connectivity index (χ0) is 9.97. The highest BCUT2D eigenvalue weighted by molar-refractivity contribution is 9.10. The van der Waals surface area contributed by atoms with E-state index in [1.54, 1.807) is 13.4 Å². The lowest BCUT2D eigenvalue weighted by Crippen LogP contribution is -1.85. The van der Waals surface area contributed by atoms with Crippen molar-refractivity contribution in [3.8, 4) is 17.0 Å². The fourth-order valence-corrected chi connectivity index (χ4v) is 1.59. The predicted octanol–water partition coefficient (Wildman–Crippen LogP) is 3.11. The Hall–Kier alpha value is -1.29. The first-order valence-corrected chi connectivity index (χ1v) is 4.85. The van der Waals surface area contributed by atoms with Crippen molar-refractivity contribution in [2.24, 2.45) is 0 Å². The number of nitrogens with zero attached hydrogens (tertiary/aromatic N) is 1. The number of aromatic nitrogens is 1. The lowest BCUT2D eigenvalue weighted by Gasteiger charge is -2.04. The van der Waals surface area contributed by atoms with E-state index in [0.29, 0.717) is 0 Å². The van der Waals surface area contributed by atoms with Crippen molar-refractivity contribution in [3.05, 3.63) is 35.0 Å². The van der Waals surface area contributed by atoms with Crippen LogP contribution in [0.2, 0.25) is 0 Å². The summed E-state index contributed by atoms with van der Waals surface area (Å²) in [5, 5.41) is 3.85. The summed E-state index contributed by atoms with van der Waals surface area (Å²) in [5.41, 5.74) is 1.77. The molecule has 4 heteroatoms. The molecule has 0 unspecified atom stereocenters. The molecule has 14 heavy (non-hydrogen) atoms. The topological polar surface area (TPSA) is 35.3 Å². The van der Waals surface area contributed by atoms with Crippen LogP contribution in [-0.4, -0.2) is 12.3 Å². The Balaban J connectivity index is 2.46. The van der Waals surface area contributed by atoms with E-state index in [-0.39, 0.29) is 0 Å². The molecule has 1 aromatic carbocycles. The first kappa shape index (κ1) is 9.27. The van der Waals surface area contributed by atoms with Gasteiger partial charge in [-0.15, -0.1) is 0 Å². The minimum Gasteiger partial charge on any atom is -0.496 e. The summed E-state index contributed by atoms with van der Waals surface area (Å²) in [6.45, 7) is 0. The largest absolute Gasteiger partial charge is 0.496 e. The van der Waals surface area contributed by atoms with Gasteiger partial charge in [0.05, 0.1) is 11.6 Å². The molecule has 2 rings (SSSR count). The highest BCUT2D eigenvalue weighted by atomic mass is 79.9. The lowest BCUT2D eigenvalue weighted by molar-refractivity contribution is 0.412. The average molecular weight is 254 g/mol. The number of ether oxygens (including phenoxy) is 1. The van der Waals surface area contributed by atoms with Crippen molar-refractivity contribution >= 4 is 15.9 Å². The minimum absolute atomic E-state index is 0.783. The van der Waals surface area contributed by atoms with E-state index in [2.05, 4.69) is 21.1 Å². The monoisotopic (exact) mass is 253 g/mol. The molecule has 72 valence electrons. The Morgan fingerprint density at radius 3 is 2.86 bits per heavy atom. The number of halogens is 1. The molecule has 0 aliphatic heterocycles. The first-order valence-electron chi connectivity index (χ1n) is 4.05. The maximum Gasteiger partial charge on any atom is 0.133 e. The number of hydrogen-bond acceptors (Lipinski definition) is 3. The van der Waals surface area contributed by atoms with Crippen LogP contribution in [0.5, 0.6) is 5.75 Å². The van der Waals surface area contributed by atoms with E-state index >= 15 is 0 Å². The molecule has 0 aliphatic rings. The van der Waals surface area contributed by atoms with Gasteiger partial charge in [0.1, 0.15) is 17.7 Å². The molecule has 0 fully saturated rings. The van der Waals surface area contributed by atoms with E-state index in [1.807, 2.05) is 24.3 Å². The van der Waals surface area contributed by atoms with Crippen molar-refractivity contribution in [2.75, 3.05) is 7.11 Å². The number of benzene rings is 1. The highest BCUT2D eigenvalue weighted by Crippen LogP contribution is 2.29. The van der Waals surface area contributed by atoms with E-state index < -0.39 is 0 Å². The van der Waals surface area contributed by atoms with Gasteiger partial charge in [-0.3, -0.25) is 0 Å². The predicted molar refractivity (Wildman–Crippen MR) is 56.2 cm³/mol. The molecule has 0 amide bonds. The lowest BCUT2D eigenvalue weighted by atomic mass is 10.1. The molecular weight excluding hydrogens is 246 g/mol. The van der Waals surface area contributed by atoms with Gasteiger partial charge in [0.25, 0.3) is 0 Å². The Labute approximate surface area is 89.8 Å². The van der Waals surface area contributed by atoms with Gasteiger partial charge in [0.15, 0.2) is 0 Å². The summed E-state index contributed by atoms with van der Waals surface area (Å²) in [6, 6.07) is 7.58. The van der Waals surface area contributed by atoms with Gasteiger partial charge >= 0.3 is 0 Å². The van der Waals surface area contributed by atoms with Gasteiger partial charge in [-0.05, 0) is 28.1 Å². The standard InChI is InChI=1S/C10H8BrNO2/c1-13-10-6-7(2-3-8(10)11)9-4-5-14-12-9/h2-6H,1H3. The number of methoxy groups -OCH3 is 1. The fraction of sp³-hybridized carbons (Fsp3) is 0.100. The molecule has 1 heterocycles. The Morgan fingerprint density at radius 1 is 1.36 bits per heavy atom. The second kappa shape index (κ2) is 3.84. The number of hydrogen-bond donors (Lipinski definition) is 0. The van der Waals surface area contributed by atoms with Gasteiger partial charge in [0, 0.05) is 11.6 Å². The molecular formula is C10H8BrNO2. The van der Waals surface area contributed by atoms with Crippen LogP contribution in [0.4, 0.5) is 0 Å². The van der Waals surface area contributed by atoms with Crippen LogP contribution in [0.1, 0.15) is 0 Å².